The SMILES string of the molecule is Cc1cc(F)c(N2CCN(C(=O)C3CCOCC3)CC2)cc1SCC(F)(F)F. The molecule has 2 saturated heterocycles. The maximum atomic E-state index is 14.5. The largest absolute Gasteiger partial charge is 0.398 e. The van der Waals surface area contributed by atoms with Crippen LogP contribution in [0, 0.1) is 18.7 Å². The second-order valence-corrected chi connectivity index (χ2v) is 8.19. The lowest BCUT2D eigenvalue weighted by molar-refractivity contribution is -0.138. The Bertz CT molecular complexity index is 700. The molecule has 2 heterocycles. The molecule has 0 aromatic heterocycles. The van der Waals surface area contributed by atoms with E-state index in [4.69, 9.17) is 4.74 Å². The van der Waals surface area contributed by atoms with Gasteiger partial charge in [0.2, 0.25) is 5.91 Å². The molecule has 0 radical (unpaired) electrons. The summed E-state index contributed by atoms with van der Waals surface area (Å²) in [5, 5.41) is 0. The summed E-state index contributed by atoms with van der Waals surface area (Å²) in [6.07, 6.45) is -2.82. The molecule has 28 heavy (non-hydrogen) atoms. The standard InChI is InChI=1S/C19H24F4N2O2S/c1-13-10-15(20)16(11-17(13)28-12-19(21,22)23)24-4-6-25(7-5-24)18(26)14-2-8-27-9-3-14/h10-11,14H,2-9,12H2,1H3. The van der Waals surface area contributed by atoms with Crippen LogP contribution in [0.3, 0.4) is 0 Å². The van der Waals surface area contributed by atoms with Crippen molar-refractivity contribution in [1.29, 1.82) is 0 Å². The minimum Gasteiger partial charge on any atom is -0.381 e. The van der Waals surface area contributed by atoms with Crippen molar-refractivity contribution in [3.8, 4) is 0 Å². The van der Waals surface area contributed by atoms with Crippen LogP contribution in [0.5, 0.6) is 0 Å². The molecule has 0 aliphatic carbocycles. The molecule has 1 amide bonds. The number of hydrogen-bond acceptors (Lipinski definition) is 4. The minimum absolute atomic E-state index is 0.0122. The van der Waals surface area contributed by atoms with E-state index in [9.17, 15) is 22.4 Å². The first kappa shape index (κ1) is 21.2. The number of amides is 1. The molecule has 3 rings (SSSR count). The Morgan fingerprint density at radius 2 is 1.82 bits per heavy atom. The van der Waals surface area contributed by atoms with Gasteiger partial charge in [-0.1, -0.05) is 0 Å². The fourth-order valence-corrected chi connectivity index (χ4v) is 4.37. The monoisotopic (exact) mass is 420 g/mol. The van der Waals surface area contributed by atoms with Crippen molar-refractivity contribution < 1.29 is 27.1 Å². The first-order chi connectivity index (χ1) is 13.2. The Balaban J connectivity index is 1.64. The number of nitrogens with zero attached hydrogens (tertiary/aromatic N) is 2. The number of ether oxygens (including phenoxy) is 1. The van der Waals surface area contributed by atoms with E-state index in [0.717, 1.165) is 12.8 Å². The lowest BCUT2D eigenvalue weighted by atomic mass is 9.98. The number of hydrogen-bond donors (Lipinski definition) is 0. The summed E-state index contributed by atoms with van der Waals surface area (Å²) in [7, 11) is 0. The van der Waals surface area contributed by atoms with Crippen LogP contribution in [-0.2, 0) is 9.53 Å². The molecule has 2 aliphatic rings. The van der Waals surface area contributed by atoms with Crippen molar-refractivity contribution in [3.63, 3.8) is 0 Å². The first-order valence-corrected chi connectivity index (χ1v) is 10.3. The summed E-state index contributed by atoms with van der Waals surface area (Å²) >= 11 is 0.670. The maximum absolute atomic E-state index is 14.5. The van der Waals surface area contributed by atoms with E-state index in [1.165, 1.54) is 12.1 Å². The molecule has 156 valence electrons. The number of carbonyl (C=O) groups excluding carboxylic acids is 1. The zero-order chi connectivity index (χ0) is 20.3. The third-order valence-corrected chi connectivity index (χ3v) is 6.36. The van der Waals surface area contributed by atoms with Gasteiger partial charge in [0.05, 0.1) is 11.4 Å². The van der Waals surface area contributed by atoms with Crippen LogP contribution in [0.2, 0.25) is 0 Å². The zero-order valence-electron chi connectivity index (χ0n) is 15.7. The van der Waals surface area contributed by atoms with Gasteiger partial charge in [0.15, 0.2) is 0 Å². The van der Waals surface area contributed by atoms with Gasteiger partial charge in [0, 0.05) is 50.2 Å². The molecule has 0 spiro atoms. The van der Waals surface area contributed by atoms with E-state index in [2.05, 4.69) is 0 Å². The molecular weight excluding hydrogens is 396 g/mol. The summed E-state index contributed by atoms with van der Waals surface area (Å²) in [5.41, 5.74) is 0.789. The highest BCUT2D eigenvalue weighted by Gasteiger charge is 2.30. The number of piperazine rings is 1. The second-order valence-electron chi connectivity index (χ2n) is 7.17. The van der Waals surface area contributed by atoms with Crippen molar-refractivity contribution in [2.75, 3.05) is 50.0 Å². The number of aryl methyl sites for hydroxylation is 1. The summed E-state index contributed by atoms with van der Waals surface area (Å²) in [4.78, 5) is 16.6. The number of carbonyl (C=O) groups is 1. The number of alkyl halides is 3. The Morgan fingerprint density at radius 3 is 2.43 bits per heavy atom. The highest BCUT2D eigenvalue weighted by Crippen LogP contribution is 2.34. The van der Waals surface area contributed by atoms with Gasteiger partial charge in [-0.25, -0.2) is 4.39 Å². The minimum atomic E-state index is -4.28. The van der Waals surface area contributed by atoms with Gasteiger partial charge in [-0.3, -0.25) is 4.79 Å². The van der Waals surface area contributed by atoms with Gasteiger partial charge < -0.3 is 14.5 Å². The topological polar surface area (TPSA) is 32.8 Å². The predicted octanol–water partition coefficient (Wildman–Crippen LogP) is 3.86. The summed E-state index contributed by atoms with van der Waals surface area (Å²) in [6, 6.07) is 2.78. The molecule has 2 aliphatic heterocycles. The third-order valence-electron chi connectivity index (χ3n) is 5.14. The Kier molecular flexibility index (Phi) is 6.75. The molecule has 0 atom stereocenters. The van der Waals surface area contributed by atoms with Gasteiger partial charge in [0.1, 0.15) is 5.82 Å². The van der Waals surface area contributed by atoms with Crippen LogP contribution in [0.4, 0.5) is 23.2 Å². The Morgan fingerprint density at radius 1 is 1.18 bits per heavy atom. The van der Waals surface area contributed by atoms with E-state index in [1.54, 1.807) is 16.7 Å². The Labute approximate surface area is 166 Å². The molecule has 0 saturated carbocycles. The summed E-state index contributed by atoms with van der Waals surface area (Å²) in [6.45, 7) is 4.68. The molecule has 0 N–H and O–H groups in total. The highest BCUT2D eigenvalue weighted by atomic mass is 32.2. The molecule has 2 fully saturated rings. The quantitative estimate of drug-likeness (QED) is 0.547. The molecule has 4 nitrogen and oxygen atoms in total. The lowest BCUT2D eigenvalue weighted by Crippen LogP contribution is -2.51. The number of thioether (sulfide) groups is 1. The first-order valence-electron chi connectivity index (χ1n) is 9.36. The maximum Gasteiger partial charge on any atom is 0.398 e. The van der Waals surface area contributed by atoms with Crippen molar-refractivity contribution in [2.45, 2.75) is 30.8 Å². The number of benzene rings is 1. The normalized spacial score (nSPS) is 19.2. The van der Waals surface area contributed by atoms with E-state index in [0.29, 0.717) is 67.3 Å². The molecule has 1 aromatic rings. The van der Waals surface area contributed by atoms with Crippen molar-refractivity contribution >= 4 is 23.4 Å². The van der Waals surface area contributed by atoms with Gasteiger partial charge in [0.25, 0.3) is 0 Å². The van der Waals surface area contributed by atoms with Crippen molar-refractivity contribution in [1.82, 2.24) is 4.90 Å². The molecule has 9 heteroatoms. The predicted molar refractivity (Wildman–Crippen MR) is 100 cm³/mol. The lowest BCUT2D eigenvalue weighted by Gasteiger charge is -2.38. The van der Waals surface area contributed by atoms with Gasteiger partial charge in [-0.05, 0) is 37.5 Å². The fourth-order valence-electron chi connectivity index (χ4n) is 3.57. The van der Waals surface area contributed by atoms with Crippen LogP contribution in [0.15, 0.2) is 17.0 Å². The molecule has 0 bridgehead atoms. The Hall–Kier alpha value is -1.48. The average Bonchev–Trinajstić information content (AvgIpc) is 2.67. The number of halogens is 4. The molecule has 1 aromatic carbocycles. The van der Waals surface area contributed by atoms with Crippen LogP contribution in [-0.4, -0.2) is 62.1 Å². The van der Waals surface area contributed by atoms with Crippen molar-refractivity contribution in [2.24, 2.45) is 5.92 Å². The second kappa shape index (κ2) is 8.90. The summed E-state index contributed by atoms with van der Waals surface area (Å²) in [5.74, 6) is -1.35. The number of anilines is 1. The molecular formula is C19H24F4N2O2S. The zero-order valence-corrected chi connectivity index (χ0v) is 16.5. The smallest absolute Gasteiger partial charge is 0.381 e. The van der Waals surface area contributed by atoms with Gasteiger partial charge >= 0.3 is 6.18 Å². The van der Waals surface area contributed by atoms with Crippen LogP contribution in [0.1, 0.15) is 18.4 Å². The van der Waals surface area contributed by atoms with E-state index in [1.807, 2.05) is 0 Å². The van der Waals surface area contributed by atoms with Gasteiger partial charge in [-0.2, -0.15) is 13.2 Å². The van der Waals surface area contributed by atoms with E-state index < -0.39 is 17.7 Å². The highest BCUT2D eigenvalue weighted by molar-refractivity contribution is 7.99. The van der Waals surface area contributed by atoms with Crippen LogP contribution in [0.25, 0.3) is 0 Å². The van der Waals surface area contributed by atoms with Crippen LogP contribution < -0.4 is 4.90 Å². The van der Waals surface area contributed by atoms with Crippen molar-refractivity contribution in [3.05, 3.63) is 23.5 Å². The molecule has 0 unspecified atom stereocenters. The van der Waals surface area contributed by atoms with Crippen LogP contribution >= 0.6 is 11.8 Å². The van der Waals surface area contributed by atoms with E-state index in [-0.39, 0.29) is 11.8 Å². The average molecular weight is 420 g/mol. The number of rotatable bonds is 4. The van der Waals surface area contributed by atoms with E-state index >= 15 is 0 Å². The third kappa shape index (κ3) is 5.31. The fraction of sp³-hybridized carbons (Fsp3) is 0.632. The summed E-state index contributed by atoms with van der Waals surface area (Å²) < 4.78 is 57.3. The van der Waals surface area contributed by atoms with Gasteiger partial charge in [-0.15, -0.1) is 11.8 Å².